The summed E-state index contributed by atoms with van der Waals surface area (Å²) in [4.78, 5) is 11.4. The highest BCUT2D eigenvalue weighted by atomic mass is 35.5. The summed E-state index contributed by atoms with van der Waals surface area (Å²) in [5.74, 6) is -0.603. The predicted octanol–water partition coefficient (Wildman–Crippen LogP) is 3.26. The number of H-pyrrole nitrogens is 1. The van der Waals surface area contributed by atoms with Crippen molar-refractivity contribution in [2.24, 2.45) is 0 Å². The smallest absolute Gasteiger partial charge is 0.358 e. The van der Waals surface area contributed by atoms with Crippen molar-refractivity contribution in [2.45, 2.75) is 25.7 Å². The van der Waals surface area contributed by atoms with Gasteiger partial charge < -0.3 is 5.11 Å². The van der Waals surface area contributed by atoms with Crippen LogP contribution in [0.2, 0.25) is 5.02 Å². The second kappa shape index (κ2) is 4.58. The topological polar surface area (TPSA) is 83.3 Å². The maximum absolute atomic E-state index is 11.4. The van der Waals surface area contributed by atoms with E-state index in [1.165, 1.54) is 5.56 Å². The SMILES string of the molecule is Cc1c(C2CC2)cc(-c2cn[nH]c2)n2nc(C(=O)O)c(Cl)c12. The number of fused-ring (bicyclic) bond motifs is 1. The van der Waals surface area contributed by atoms with Crippen LogP contribution in [-0.2, 0) is 0 Å². The molecule has 0 aliphatic heterocycles. The van der Waals surface area contributed by atoms with Crippen LogP contribution in [0.3, 0.4) is 0 Å². The lowest BCUT2D eigenvalue weighted by Crippen LogP contribution is -2.01. The number of halogens is 1. The zero-order valence-electron chi connectivity index (χ0n) is 11.8. The molecule has 7 heteroatoms. The molecule has 6 nitrogen and oxygen atoms in total. The monoisotopic (exact) mass is 316 g/mol. The molecule has 0 radical (unpaired) electrons. The number of aromatic amines is 1. The van der Waals surface area contributed by atoms with E-state index in [0.29, 0.717) is 11.4 Å². The third-order valence-electron chi connectivity index (χ3n) is 4.15. The normalized spacial score (nSPS) is 14.6. The van der Waals surface area contributed by atoms with Crippen molar-refractivity contribution in [3.05, 3.63) is 40.3 Å². The number of aromatic nitrogens is 4. The van der Waals surface area contributed by atoms with Gasteiger partial charge in [0.2, 0.25) is 0 Å². The molecule has 1 aliphatic rings. The maximum atomic E-state index is 11.4. The van der Waals surface area contributed by atoms with Gasteiger partial charge in [0.1, 0.15) is 5.02 Å². The standard InChI is InChI=1S/C15H13ClN4O2/c1-7-10(8-2-3-8)4-11(9-5-17-18-6-9)20-14(7)12(16)13(19-20)15(21)22/h4-6,8H,2-3H2,1H3,(H,17,18)(H,21,22). The zero-order valence-corrected chi connectivity index (χ0v) is 12.6. The third kappa shape index (κ3) is 1.84. The van der Waals surface area contributed by atoms with Gasteiger partial charge >= 0.3 is 5.97 Å². The Balaban J connectivity index is 2.11. The van der Waals surface area contributed by atoms with Crippen LogP contribution in [0.15, 0.2) is 18.5 Å². The summed E-state index contributed by atoms with van der Waals surface area (Å²) in [5, 5.41) is 20.4. The van der Waals surface area contributed by atoms with Gasteiger partial charge in [-0.2, -0.15) is 10.2 Å². The highest BCUT2D eigenvalue weighted by Gasteiger charge is 2.29. The number of aryl methyl sites for hydroxylation is 1. The van der Waals surface area contributed by atoms with Crippen molar-refractivity contribution in [1.82, 2.24) is 19.8 Å². The van der Waals surface area contributed by atoms with Crippen LogP contribution in [0.5, 0.6) is 0 Å². The van der Waals surface area contributed by atoms with E-state index in [2.05, 4.69) is 21.4 Å². The van der Waals surface area contributed by atoms with Gasteiger partial charge in [0.05, 0.1) is 17.4 Å². The summed E-state index contributed by atoms with van der Waals surface area (Å²) in [6.07, 6.45) is 5.76. The lowest BCUT2D eigenvalue weighted by molar-refractivity contribution is 0.0690. The van der Waals surface area contributed by atoms with Crippen molar-refractivity contribution in [1.29, 1.82) is 0 Å². The number of pyridine rings is 1. The molecule has 1 fully saturated rings. The van der Waals surface area contributed by atoms with Crippen LogP contribution < -0.4 is 0 Å². The molecule has 2 N–H and O–H groups in total. The van der Waals surface area contributed by atoms with Crippen molar-refractivity contribution in [3.8, 4) is 11.3 Å². The molecule has 3 aromatic rings. The van der Waals surface area contributed by atoms with E-state index in [1.54, 1.807) is 16.9 Å². The fraction of sp³-hybridized carbons (Fsp3) is 0.267. The molecule has 3 heterocycles. The van der Waals surface area contributed by atoms with E-state index < -0.39 is 5.97 Å². The minimum Gasteiger partial charge on any atom is -0.476 e. The fourth-order valence-corrected chi connectivity index (χ4v) is 3.24. The first-order valence-electron chi connectivity index (χ1n) is 7.02. The molecule has 0 aromatic carbocycles. The van der Waals surface area contributed by atoms with E-state index >= 15 is 0 Å². The molecule has 0 bridgehead atoms. The molecule has 1 saturated carbocycles. The Morgan fingerprint density at radius 1 is 1.50 bits per heavy atom. The molecule has 22 heavy (non-hydrogen) atoms. The number of rotatable bonds is 3. The molecule has 4 rings (SSSR count). The molecule has 112 valence electrons. The summed E-state index contributed by atoms with van der Waals surface area (Å²) in [6.45, 7) is 1.97. The second-order valence-electron chi connectivity index (χ2n) is 5.60. The lowest BCUT2D eigenvalue weighted by Gasteiger charge is -2.11. The Bertz CT molecular complexity index is 894. The first-order chi connectivity index (χ1) is 10.6. The fourth-order valence-electron chi connectivity index (χ4n) is 2.90. The van der Waals surface area contributed by atoms with E-state index in [-0.39, 0.29) is 10.7 Å². The zero-order chi connectivity index (χ0) is 15.4. The van der Waals surface area contributed by atoms with Crippen LogP contribution in [0.4, 0.5) is 0 Å². The van der Waals surface area contributed by atoms with Crippen LogP contribution >= 0.6 is 11.6 Å². The number of nitrogens with zero attached hydrogens (tertiary/aromatic N) is 3. The van der Waals surface area contributed by atoms with Crippen LogP contribution in [0.25, 0.3) is 16.8 Å². The van der Waals surface area contributed by atoms with Crippen molar-refractivity contribution in [2.75, 3.05) is 0 Å². The molecule has 0 spiro atoms. The molecule has 0 saturated heterocycles. The quantitative estimate of drug-likeness (QED) is 0.777. The minimum atomic E-state index is -1.13. The number of carboxylic acids is 1. The van der Waals surface area contributed by atoms with Crippen molar-refractivity contribution >= 4 is 23.1 Å². The molecule has 1 aliphatic carbocycles. The van der Waals surface area contributed by atoms with Gasteiger partial charge in [-0.1, -0.05) is 11.6 Å². The second-order valence-corrected chi connectivity index (χ2v) is 5.98. The van der Waals surface area contributed by atoms with E-state index in [1.807, 2.05) is 6.92 Å². The predicted molar refractivity (Wildman–Crippen MR) is 81.5 cm³/mol. The number of carbonyl (C=O) groups is 1. The largest absolute Gasteiger partial charge is 0.476 e. The van der Waals surface area contributed by atoms with Crippen LogP contribution in [0.1, 0.15) is 40.4 Å². The molecule has 3 aromatic heterocycles. The van der Waals surface area contributed by atoms with Gasteiger partial charge in [0.15, 0.2) is 5.69 Å². The first-order valence-corrected chi connectivity index (χ1v) is 7.40. The molecule has 0 amide bonds. The highest BCUT2D eigenvalue weighted by molar-refractivity contribution is 6.36. The number of carboxylic acid groups (broad SMARTS) is 1. The van der Waals surface area contributed by atoms with Gasteiger partial charge in [-0.3, -0.25) is 5.10 Å². The molecule has 0 atom stereocenters. The average molecular weight is 317 g/mol. The maximum Gasteiger partial charge on any atom is 0.358 e. The first kappa shape index (κ1) is 13.3. The van der Waals surface area contributed by atoms with Crippen LogP contribution in [-0.4, -0.2) is 30.9 Å². The van der Waals surface area contributed by atoms with Crippen molar-refractivity contribution in [3.63, 3.8) is 0 Å². The summed E-state index contributed by atoms with van der Waals surface area (Å²) >= 11 is 6.30. The molecule has 0 unspecified atom stereocenters. The highest BCUT2D eigenvalue weighted by Crippen LogP contribution is 2.44. The van der Waals surface area contributed by atoms with E-state index in [4.69, 9.17) is 11.6 Å². The summed E-state index contributed by atoms with van der Waals surface area (Å²) in [6, 6.07) is 2.07. The number of aromatic carboxylic acids is 1. The number of nitrogens with one attached hydrogen (secondary N) is 1. The van der Waals surface area contributed by atoms with E-state index in [9.17, 15) is 9.90 Å². The van der Waals surface area contributed by atoms with Crippen molar-refractivity contribution < 1.29 is 9.90 Å². The summed E-state index contributed by atoms with van der Waals surface area (Å²) in [7, 11) is 0. The molecular formula is C15H13ClN4O2. The Morgan fingerprint density at radius 2 is 2.27 bits per heavy atom. The van der Waals surface area contributed by atoms with E-state index in [0.717, 1.165) is 29.7 Å². The van der Waals surface area contributed by atoms with Gasteiger partial charge in [-0.25, -0.2) is 9.31 Å². The Labute approximate surface area is 130 Å². The van der Waals surface area contributed by atoms with Gasteiger partial charge in [0.25, 0.3) is 0 Å². The average Bonchev–Trinajstić information content (AvgIpc) is 3.05. The lowest BCUT2D eigenvalue weighted by atomic mass is 10.0. The Kier molecular flexibility index (Phi) is 2.77. The minimum absolute atomic E-state index is 0.123. The third-order valence-corrected chi connectivity index (χ3v) is 4.51. The Morgan fingerprint density at radius 3 is 2.86 bits per heavy atom. The van der Waals surface area contributed by atoms with Gasteiger partial charge in [0, 0.05) is 11.8 Å². The number of hydrogen-bond donors (Lipinski definition) is 2. The summed E-state index contributed by atoms with van der Waals surface area (Å²) in [5.41, 5.74) is 4.40. The van der Waals surface area contributed by atoms with Gasteiger partial charge in [-0.05, 0) is 42.9 Å². The van der Waals surface area contributed by atoms with Crippen LogP contribution in [0, 0.1) is 6.92 Å². The Hall–Kier alpha value is -2.34. The summed E-state index contributed by atoms with van der Waals surface area (Å²) < 4.78 is 1.61. The van der Waals surface area contributed by atoms with Gasteiger partial charge in [-0.15, -0.1) is 0 Å². The molecular weight excluding hydrogens is 304 g/mol. The number of hydrogen-bond acceptors (Lipinski definition) is 3.